The van der Waals surface area contributed by atoms with Gasteiger partial charge in [0.1, 0.15) is 11.3 Å². The van der Waals surface area contributed by atoms with Crippen molar-refractivity contribution in [2.24, 2.45) is 0 Å². The highest BCUT2D eigenvalue weighted by atomic mass is 16.3. The van der Waals surface area contributed by atoms with Gasteiger partial charge in [-0.2, -0.15) is 0 Å². The van der Waals surface area contributed by atoms with Gasteiger partial charge in [-0.1, -0.05) is 18.2 Å². The predicted molar refractivity (Wildman–Crippen MR) is 61.6 cm³/mol. The Bertz CT molecular complexity index is 552. The van der Waals surface area contributed by atoms with Crippen LogP contribution in [0.1, 0.15) is 34.9 Å². The summed E-state index contributed by atoms with van der Waals surface area (Å²) in [6.07, 6.45) is 2.26. The van der Waals surface area contributed by atoms with Crippen LogP contribution in [0, 0.1) is 0 Å². The molecule has 3 heteroatoms. The van der Waals surface area contributed by atoms with Crippen LogP contribution in [0.25, 0.3) is 11.0 Å². The fourth-order valence-corrected chi connectivity index (χ4v) is 2.06. The van der Waals surface area contributed by atoms with Crippen molar-refractivity contribution >= 4 is 16.9 Å². The number of benzene rings is 1. The molecule has 0 bridgehead atoms. The zero-order valence-electron chi connectivity index (χ0n) is 9.12. The minimum atomic E-state index is -0.0492. The molecule has 1 fully saturated rings. The summed E-state index contributed by atoms with van der Waals surface area (Å²) in [7, 11) is 1.65. The van der Waals surface area contributed by atoms with E-state index in [-0.39, 0.29) is 5.91 Å². The van der Waals surface area contributed by atoms with Crippen LogP contribution in [0.2, 0.25) is 0 Å². The molecular formula is C13H13NO2. The third-order valence-electron chi connectivity index (χ3n) is 3.02. The number of carbonyl (C=O) groups excluding carboxylic acids is 1. The molecule has 16 heavy (non-hydrogen) atoms. The SMILES string of the molecule is CNC(=O)c1c(C2CC2)oc2ccccc12. The van der Waals surface area contributed by atoms with E-state index in [0.29, 0.717) is 5.92 Å². The molecule has 0 atom stereocenters. The molecule has 1 amide bonds. The summed E-state index contributed by atoms with van der Waals surface area (Å²) in [6, 6.07) is 7.71. The van der Waals surface area contributed by atoms with Crippen molar-refractivity contribution in [3.8, 4) is 0 Å². The number of para-hydroxylation sites is 1. The molecule has 1 heterocycles. The molecule has 1 aromatic carbocycles. The van der Waals surface area contributed by atoms with E-state index in [4.69, 9.17) is 4.42 Å². The Morgan fingerprint density at radius 1 is 1.38 bits per heavy atom. The number of hydrogen-bond acceptors (Lipinski definition) is 2. The molecule has 0 radical (unpaired) electrons. The molecule has 1 aliphatic rings. The lowest BCUT2D eigenvalue weighted by Gasteiger charge is -1.99. The maximum Gasteiger partial charge on any atom is 0.255 e. The van der Waals surface area contributed by atoms with E-state index in [0.717, 1.165) is 35.1 Å². The number of fused-ring (bicyclic) bond motifs is 1. The van der Waals surface area contributed by atoms with Gasteiger partial charge in [0.05, 0.1) is 5.56 Å². The Morgan fingerprint density at radius 3 is 2.81 bits per heavy atom. The Labute approximate surface area is 93.4 Å². The third-order valence-corrected chi connectivity index (χ3v) is 3.02. The molecule has 0 unspecified atom stereocenters. The topological polar surface area (TPSA) is 42.2 Å². The molecule has 1 N–H and O–H groups in total. The maximum atomic E-state index is 11.9. The molecule has 0 aliphatic heterocycles. The molecule has 1 aliphatic carbocycles. The quantitative estimate of drug-likeness (QED) is 0.836. The summed E-state index contributed by atoms with van der Waals surface area (Å²) in [5.41, 5.74) is 1.53. The fourth-order valence-electron chi connectivity index (χ4n) is 2.06. The van der Waals surface area contributed by atoms with Gasteiger partial charge >= 0.3 is 0 Å². The number of rotatable bonds is 2. The highest BCUT2D eigenvalue weighted by molar-refractivity contribution is 6.07. The summed E-state index contributed by atoms with van der Waals surface area (Å²) in [4.78, 5) is 11.9. The van der Waals surface area contributed by atoms with Crippen LogP contribution in [0.5, 0.6) is 0 Å². The van der Waals surface area contributed by atoms with Gasteiger partial charge in [-0.15, -0.1) is 0 Å². The van der Waals surface area contributed by atoms with Gasteiger partial charge in [-0.05, 0) is 18.9 Å². The molecule has 82 valence electrons. The first-order valence-corrected chi connectivity index (χ1v) is 5.54. The highest BCUT2D eigenvalue weighted by Crippen LogP contribution is 2.44. The number of hydrogen-bond donors (Lipinski definition) is 1. The molecule has 0 saturated heterocycles. The first kappa shape index (κ1) is 9.46. The van der Waals surface area contributed by atoms with Gasteiger partial charge in [0.25, 0.3) is 5.91 Å². The van der Waals surface area contributed by atoms with Crippen LogP contribution in [-0.4, -0.2) is 13.0 Å². The van der Waals surface area contributed by atoms with E-state index in [1.54, 1.807) is 7.05 Å². The van der Waals surface area contributed by atoms with Gasteiger partial charge in [0.15, 0.2) is 0 Å². The lowest BCUT2D eigenvalue weighted by molar-refractivity contribution is 0.0962. The Kier molecular flexibility index (Phi) is 1.99. The van der Waals surface area contributed by atoms with Crippen molar-refractivity contribution in [2.45, 2.75) is 18.8 Å². The van der Waals surface area contributed by atoms with Crippen molar-refractivity contribution in [2.75, 3.05) is 7.05 Å². The molecule has 3 nitrogen and oxygen atoms in total. The molecule has 0 spiro atoms. The van der Waals surface area contributed by atoms with Crippen LogP contribution < -0.4 is 5.32 Å². The van der Waals surface area contributed by atoms with Gasteiger partial charge in [0, 0.05) is 18.4 Å². The Balaban J connectivity index is 2.27. The Morgan fingerprint density at radius 2 is 2.12 bits per heavy atom. The fraction of sp³-hybridized carbons (Fsp3) is 0.308. The van der Waals surface area contributed by atoms with Crippen LogP contribution in [0.15, 0.2) is 28.7 Å². The van der Waals surface area contributed by atoms with Gasteiger partial charge in [0.2, 0.25) is 0 Å². The lowest BCUT2D eigenvalue weighted by atomic mass is 10.1. The summed E-state index contributed by atoms with van der Waals surface area (Å²) in [6.45, 7) is 0. The van der Waals surface area contributed by atoms with Crippen molar-refractivity contribution in [3.63, 3.8) is 0 Å². The van der Waals surface area contributed by atoms with Crippen molar-refractivity contribution in [1.82, 2.24) is 5.32 Å². The second-order valence-electron chi connectivity index (χ2n) is 4.19. The zero-order valence-corrected chi connectivity index (χ0v) is 9.12. The van der Waals surface area contributed by atoms with E-state index in [2.05, 4.69) is 5.32 Å². The largest absolute Gasteiger partial charge is 0.460 e. The monoisotopic (exact) mass is 215 g/mol. The molecule has 3 rings (SSSR count). The smallest absolute Gasteiger partial charge is 0.255 e. The molecular weight excluding hydrogens is 202 g/mol. The summed E-state index contributed by atoms with van der Waals surface area (Å²) in [5, 5.41) is 3.60. The number of carbonyl (C=O) groups is 1. The first-order chi connectivity index (χ1) is 7.81. The Hall–Kier alpha value is -1.77. The van der Waals surface area contributed by atoms with E-state index in [1.165, 1.54) is 0 Å². The number of nitrogens with one attached hydrogen (secondary N) is 1. The normalized spacial score (nSPS) is 15.3. The second-order valence-corrected chi connectivity index (χ2v) is 4.19. The van der Waals surface area contributed by atoms with E-state index in [9.17, 15) is 4.79 Å². The van der Waals surface area contributed by atoms with Crippen LogP contribution in [0.3, 0.4) is 0 Å². The second kappa shape index (κ2) is 3.37. The van der Waals surface area contributed by atoms with Crippen molar-refractivity contribution < 1.29 is 9.21 Å². The van der Waals surface area contributed by atoms with Crippen LogP contribution in [0.4, 0.5) is 0 Å². The predicted octanol–water partition coefficient (Wildman–Crippen LogP) is 2.67. The molecule has 1 aromatic heterocycles. The average Bonchev–Trinajstić information content (AvgIpc) is 3.09. The van der Waals surface area contributed by atoms with E-state index in [1.807, 2.05) is 24.3 Å². The summed E-state index contributed by atoms with van der Waals surface area (Å²) < 4.78 is 5.79. The van der Waals surface area contributed by atoms with Crippen molar-refractivity contribution in [3.05, 3.63) is 35.6 Å². The lowest BCUT2D eigenvalue weighted by Crippen LogP contribution is -2.18. The third kappa shape index (κ3) is 1.32. The molecule has 2 aromatic rings. The average molecular weight is 215 g/mol. The molecule has 1 saturated carbocycles. The standard InChI is InChI=1S/C13H13NO2/c1-14-13(15)11-9-4-2-3-5-10(9)16-12(11)8-6-7-8/h2-5,8H,6-7H2,1H3,(H,14,15). The van der Waals surface area contributed by atoms with Gasteiger partial charge in [-0.25, -0.2) is 0 Å². The summed E-state index contributed by atoms with van der Waals surface area (Å²) in [5.74, 6) is 1.26. The zero-order chi connectivity index (χ0) is 11.1. The minimum absolute atomic E-state index is 0.0492. The van der Waals surface area contributed by atoms with Gasteiger partial charge < -0.3 is 9.73 Å². The van der Waals surface area contributed by atoms with Crippen molar-refractivity contribution in [1.29, 1.82) is 0 Å². The first-order valence-electron chi connectivity index (χ1n) is 5.54. The van der Waals surface area contributed by atoms with Gasteiger partial charge in [-0.3, -0.25) is 4.79 Å². The van der Waals surface area contributed by atoms with E-state index >= 15 is 0 Å². The maximum absolute atomic E-state index is 11.9. The van der Waals surface area contributed by atoms with Crippen LogP contribution in [-0.2, 0) is 0 Å². The number of furan rings is 1. The van der Waals surface area contributed by atoms with Crippen LogP contribution >= 0.6 is 0 Å². The number of amides is 1. The summed E-state index contributed by atoms with van der Waals surface area (Å²) >= 11 is 0. The highest BCUT2D eigenvalue weighted by Gasteiger charge is 2.33. The van der Waals surface area contributed by atoms with E-state index < -0.39 is 0 Å². The minimum Gasteiger partial charge on any atom is -0.460 e.